The van der Waals surface area contributed by atoms with Crippen LogP contribution in [0.4, 0.5) is 0 Å². The third-order valence-corrected chi connectivity index (χ3v) is 4.37. The number of aromatic nitrogens is 1. The highest BCUT2D eigenvalue weighted by Gasteiger charge is 2.20. The highest BCUT2D eigenvalue weighted by Crippen LogP contribution is 2.26. The van der Waals surface area contributed by atoms with E-state index in [4.69, 9.17) is 21.1 Å². The first kappa shape index (κ1) is 18.4. The molecule has 4 heteroatoms. The van der Waals surface area contributed by atoms with Crippen molar-refractivity contribution < 1.29 is 9.47 Å². The maximum absolute atomic E-state index is 5.97. The maximum atomic E-state index is 5.97. The van der Waals surface area contributed by atoms with Crippen LogP contribution in [-0.4, -0.2) is 11.6 Å². The lowest BCUT2D eigenvalue weighted by Gasteiger charge is -2.25. The fourth-order valence-corrected chi connectivity index (χ4v) is 2.74. The number of nitrogens with zero attached hydrogens (tertiary/aromatic N) is 1. The maximum Gasteiger partial charge on any atom is 0.219 e. The molecule has 0 saturated carbocycles. The van der Waals surface area contributed by atoms with E-state index in [9.17, 15) is 0 Å². The van der Waals surface area contributed by atoms with E-state index in [0.717, 1.165) is 16.3 Å². The summed E-state index contributed by atoms with van der Waals surface area (Å²) in [5.41, 5.74) is 2.13. The number of rotatable bonds is 7. The van der Waals surface area contributed by atoms with Gasteiger partial charge in [0.1, 0.15) is 5.75 Å². The lowest BCUT2D eigenvalue weighted by atomic mass is 9.86. The molecule has 0 aliphatic rings. The quantitative estimate of drug-likeness (QED) is 0.511. The van der Waals surface area contributed by atoms with Gasteiger partial charge < -0.3 is 9.47 Å². The van der Waals surface area contributed by atoms with E-state index in [2.05, 4.69) is 18.8 Å². The third kappa shape index (κ3) is 5.07. The van der Waals surface area contributed by atoms with Gasteiger partial charge in [0.25, 0.3) is 0 Å². The Morgan fingerprint density at radius 2 is 1.69 bits per heavy atom. The first-order valence-electron chi connectivity index (χ1n) is 8.54. The molecule has 0 N–H and O–H groups in total. The second-order valence-corrected chi connectivity index (χ2v) is 7.24. The Labute approximate surface area is 159 Å². The van der Waals surface area contributed by atoms with Crippen molar-refractivity contribution in [1.29, 1.82) is 0 Å². The van der Waals surface area contributed by atoms with Crippen LogP contribution in [0.3, 0.4) is 0 Å². The van der Waals surface area contributed by atoms with Crippen molar-refractivity contribution in [3.8, 4) is 11.6 Å². The minimum absolute atomic E-state index is 0.0962. The van der Waals surface area contributed by atoms with Crippen LogP contribution in [0.5, 0.6) is 11.6 Å². The molecular formula is C22H22ClNO2. The number of benzene rings is 2. The Morgan fingerprint density at radius 1 is 0.962 bits per heavy atom. The van der Waals surface area contributed by atoms with Crippen molar-refractivity contribution in [2.45, 2.75) is 25.9 Å². The van der Waals surface area contributed by atoms with Crippen LogP contribution in [0.1, 0.15) is 25.0 Å². The standard InChI is InChI=1S/C22H22ClNO2/c1-22(2,18-8-10-19(23)11-9-18)16-25-15-17-12-13-24-21(14-17)26-20-6-4-3-5-7-20/h3-14H,15-16H2,1-2H3. The van der Waals surface area contributed by atoms with Crippen molar-refractivity contribution >= 4 is 11.6 Å². The summed E-state index contributed by atoms with van der Waals surface area (Å²) in [5.74, 6) is 1.33. The lowest BCUT2D eigenvalue weighted by molar-refractivity contribution is 0.0823. The molecule has 0 fully saturated rings. The average Bonchev–Trinajstić information content (AvgIpc) is 2.63. The Balaban J connectivity index is 1.58. The summed E-state index contributed by atoms with van der Waals surface area (Å²) in [6, 6.07) is 21.4. The van der Waals surface area contributed by atoms with E-state index in [1.54, 1.807) is 6.20 Å². The molecule has 0 atom stereocenters. The Kier molecular flexibility index (Phi) is 5.92. The molecule has 3 aromatic rings. The summed E-state index contributed by atoms with van der Waals surface area (Å²) < 4.78 is 11.7. The summed E-state index contributed by atoms with van der Waals surface area (Å²) in [7, 11) is 0. The van der Waals surface area contributed by atoms with Gasteiger partial charge in [0.2, 0.25) is 5.88 Å². The van der Waals surface area contributed by atoms with Gasteiger partial charge in [-0.15, -0.1) is 0 Å². The second-order valence-electron chi connectivity index (χ2n) is 6.80. The van der Waals surface area contributed by atoms with Gasteiger partial charge in [-0.05, 0) is 41.5 Å². The summed E-state index contributed by atoms with van der Waals surface area (Å²) in [6.45, 7) is 5.43. The number of hydrogen-bond acceptors (Lipinski definition) is 3. The average molecular weight is 368 g/mol. The molecule has 0 amide bonds. The van der Waals surface area contributed by atoms with Gasteiger partial charge >= 0.3 is 0 Å². The Bertz CT molecular complexity index is 832. The summed E-state index contributed by atoms with van der Waals surface area (Å²) in [4.78, 5) is 4.26. The van der Waals surface area contributed by atoms with Gasteiger partial charge in [0.05, 0.1) is 13.2 Å². The highest BCUT2D eigenvalue weighted by atomic mass is 35.5. The van der Waals surface area contributed by atoms with E-state index in [1.165, 1.54) is 5.56 Å². The predicted molar refractivity (Wildman–Crippen MR) is 105 cm³/mol. The number of para-hydroxylation sites is 1. The van der Waals surface area contributed by atoms with Gasteiger partial charge in [0.15, 0.2) is 0 Å². The zero-order chi connectivity index (χ0) is 18.4. The van der Waals surface area contributed by atoms with Gasteiger partial charge in [-0.2, -0.15) is 0 Å². The van der Waals surface area contributed by atoms with Crippen LogP contribution in [0, 0.1) is 0 Å². The van der Waals surface area contributed by atoms with E-state index >= 15 is 0 Å². The van der Waals surface area contributed by atoms with E-state index in [1.807, 2.05) is 66.7 Å². The number of pyridine rings is 1. The fraction of sp³-hybridized carbons (Fsp3) is 0.227. The largest absolute Gasteiger partial charge is 0.439 e. The monoisotopic (exact) mass is 367 g/mol. The zero-order valence-corrected chi connectivity index (χ0v) is 15.7. The van der Waals surface area contributed by atoms with Gasteiger partial charge in [-0.3, -0.25) is 0 Å². The minimum Gasteiger partial charge on any atom is -0.439 e. The number of halogens is 1. The molecule has 2 aromatic carbocycles. The summed E-state index contributed by atoms with van der Waals surface area (Å²) in [5, 5.41) is 0.744. The summed E-state index contributed by atoms with van der Waals surface area (Å²) in [6.07, 6.45) is 1.74. The fourth-order valence-electron chi connectivity index (χ4n) is 2.61. The smallest absolute Gasteiger partial charge is 0.219 e. The van der Waals surface area contributed by atoms with Crippen molar-refractivity contribution in [2.24, 2.45) is 0 Å². The lowest BCUT2D eigenvalue weighted by Crippen LogP contribution is -2.24. The second kappa shape index (κ2) is 8.35. The highest BCUT2D eigenvalue weighted by molar-refractivity contribution is 6.30. The van der Waals surface area contributed by atoms with Crippen molar-refractivity contribution in [2.75, 3.05) is 6.61 Å². The molecule has 1 heterocycles. The molecule has 1 aromatic heterocycles. The molecule has 0 spiro atoms. The first-order valence-corrected chi connectivity index (χ1v) is 8.92. The minimum atomic E-state index is -0.0962. The molecule has 0 unspecified atom stereocenters. The molecule has 0 aliphatic carbocycles. The zero-order valence-electron chi connectivity index (χ0n) is 15.0. The van der Waals surface area contributed by atoms with E-state index in [0.29, 0.717) is 19.1 Å². The van der Waals surface area contributed by atoms with Crippen molar-refractivity contribution in [1.82, 2.24) is 4.98 Å². The van der Waals surface area contributed by atoms with Crippen molar-refractivity contribution in [3.63, 3.8) is 0 Å². The topological polar surface area (TPSA) is 31.4 Å². The van der Waals surface area contributed by atoms with Crippen LogP contribution in [0.2, 0.25) is 5.02 Å². The number of hydrogen-bond donors (Lipinski definition) is 0. The first-order chi connectivity index (χ1) is 12.5. The molecule has 3 nitrogen and oxygen atoms in total. The van der Waals surface area contributed by atoms with E-state index < -0.39 is 0 Å². The van der Waals surface area contributed by atoms with Crippen molar-refractivity contribution in [3.05, 3.63) is 89.1 Å². The normalized spacial score (nSPS) is 11.3. The van der Waals surface area contributed by atoms with Crippen LogP contribution in [0.15, 0.2) is 72.9 Å². The summed E-state index contributed by atoms with van der Waals surface area (Å²) >= 11 is 5.97. The molecule has 134 valence electrons. The Morgan fingerprint density at radius 3 is 2.42 bits per heavy atom. The van der Waals surface area contributed by atoms with Gasteiger partial charge in [-0.1, -0.05) is 55.8 Å². The molecule has 3 rings (SSSR count). The number of ether oxygens (including phenoxy) is 2. The van der Waals surface area contributed by atoms with Crippen LogP contribution < -0.4 is 4.74 Å². The van der Waals surface area contributed by atoms with E-state index in [-0.39, 0.29) is 5.41 Å². The predicted octanol–water partition coefficient (Wildman–Crippen LogP) is 6.02. The van der Waals surface area contributed by atoms with Crippen LogP contribution >= 0.6 is 11.6 Å². The molecule has 0 radical (unpaired) electrons. The molecular weight excluding hydrogens is 346 g/mol. The van der Waals surface area contributed by atoms with Crippen LogP contribution in [0.25, 0.3) is 0 Å². The third-order valence-electron chi connectivity index (χ3n) is 4.12. The Hall–Kier alpha value is -2.36. The SMILES string of the molecule is CC(C)(COCc1ccnc(Oc2ccccc2)c1)c1ccc(Cl)cc1. The van der Waals surface area contributed by atoms with Gasteiger partial charge in [-0.25, -0.2) is 4.98 Å². The molecule has 26 heavy (non-hydrogen) atoms. The van der Waals surface area contributed by atoms with Crippen LogP contribution in [-0.2, 0) is 16.8 Å². The molecule has 0 bridgehead atoms. The molecule has 0 saturated heterocycles. The van der Waals surface area contributed by atoms with Gasteiger partial charge in [0, 0.05) is 22.7 Å². The molecule has 0 aliphatic heterocycles.